The minimum atomic E-state index is -0.808. The van der Waals surface area contributed by atoms with E-state index in [1.165, 1.54) is 6.07 Å². The largest absolute Gasteiger partial charge is 0.481 e. The van der Waals surface area contributed by atoms with Crippen molar-refractivity contribution in [3.63, 3.8) is 0 Å². The molecule has 0 aliphatic heterocycles. The number of hydrogen-bond donors (Lipinski definition) is 1. The molecule has 2 rings (SSSR count). The normalized spacial score (nSPS) is 10.4. The number of pyridine rings is 1. The molecule has 1 heterocycles. The van der Waals surface area contributed by atoms with Gasteiger partial charge in [-0.15, -0.1) is 0 Å². The highest BCUT2D eigenvalue weighted by Crippen LogP contribution is 2.22. The van der Waals surface area contributed by atoms with E-state index in [0.717, 1.165) is 11.1 Å². The molecule has 0 amide bonds. The Kier molecular flexibility index (Phi) is 4.82. The molecule has 3 nitrogen and oxygen atoms in total. The van der Waals surface area contributed by atoms with Crippen LogP contribution < -0.4 is 0 Å². The molecule has 0 radical (unpaired) electrons. The predicted octanol–water partition coefficient (Wildman–Crippen LogP) is 3.69. The van der Waals surface area contributed by atoms with E-state index in [9.17, 15) is 9.18 Å². The lowest BCUT2D eigenvalue weighted by atomic mass is 10.0. The summed E-state index contributed by atoms with van der Waals surface area (Å²) < 4.78 is 14.0. The number of benzene rings is 1. The molecular weight excluding hydrogens is 257 g/mol. The van der Waals surface area contributed by atoms with Crippen molar-refractivity contribution in [1.82, 2.24) is 4.98 Å². The van der Waals surface area contributed by atoms with E-state index < -0.39 is 5.97 Å². The van der Waals surface area contributed by atoms with Gasteiger partial charge in [-0.3, -0.25) is 9.78 Å². The second-order valence-electron chi connectivity index (χ2n) is 4.65. The fourth-order valence-electron chi connectivity index (χ4n) is 2.05. The molecule has 1 N–H and O–H groups in total. The van der Waals surface area contributed by atoms with Crippen molar-refractivity contribution in [3.8, 4) is 11.1 Å². The van der Waals surface area contributed by atoms with Gasteiger partial charge in [0.2, 0.25) is 0 Å². The Balaban J connectivity index is 2.01. The molecule has 0 spiro atoms. The van der Waals surface area contributed by atoms with Crippen LogP contribution >= 0.6 is 0 Å². The number of aliphatic carboxylic acids is 1. The maximum Gasteiger partial charge on any atom is 0.303 e. The number of carbonyl (C=O) groups is 1. The highest BCUT2D eigenvalue weighted by Gasteiger charge is 2.06. The molecule has 0 unspecified atom stereocenters. The highest BCUT2D eigenvalue weighted by atomic mass is 19.1. The number of rotatable bonds is 6. The first kappa shape index (κ1) is 14.2. The average Bonchev–Trinajstić information content (AvgIpc) is 2.45. The summed E-state index contributed by atoms with van der Waals surface area (Å²) >= 11 is 0. The van der Waals surface area contributed by atoms with Crippen LogP contribution in [0.2, 0.25) is 0 Å². The predicted molar refractivity (Wildman–Crippen MR) is 74.8 cm³/mol. The van der Waals surface area contributed by atoms with Crippen LogP contribution in [0.15, 0.2) is 42.7 Å². The fourth-order valence-corrected chi connectivity index (χ4v) is 2.05. The van der Waals surface area contributed by atoms with E-state index in [2.05, 4.69) is 4.98 Å². The SMILES string of the molecule is O=C(O)CCCCc1ccc(-c2cccnc2)cc1F. The molecule has 0 bridgehead atoms. The summed E-state index contributed by atoms with van der Waals surface area (Å²) in [6.07, 6.45) is 5.31. The zero-order valence-electron chi connectivity index (χ0n) is 11.1. The number of nitrogens with zero attached hydrogens (tertiary/aromatic N) is 1. The van der Waals surface area contributed by atoms with Gasteiger partial charge in [-0.2, -0.15) is 0 Å². The molecule has 0 atom stereocenters. The Morgan fingerprint density at radius 3 is 2.70 bits per heavy atom. The minimum Gasteiger partial charge on any atom is -0.481 e. The van der Waals surface area contributed by atoms with E-state index in [1.807, 2.05) is 18.2 Å². The molecule has 1 aromatic heterocycles. The first-order valence-corrected chi connectivity index (χ1v) is 6.57. The molecule has 0 fully saturated rings. The van der Waals surface area contributed by atoms with E-state index in [-0.39, 0.29) is 12.2 Å². The van der Waals surface area contributed by atoms with E-state index in [1.54, 1.807) is 18.5 Å². The number of halogens is 1. The van der Waals surface area contributed by atoms with Crippen molar-refractivity contribution < 1.29 is 14.3 Å². The van der Waals surface area contributed by atoms with Crippen LogP contribution in [0, 0.1) is 5.82 Å². The number of carboxylic acids is 1. The zero-order valence-corrected chi connectivity index (χ0v) is 11.1. The van der Waals surface area contributed by atoms with E-state index in [4.69, 9.17) is 5.11 Å². The molecule has 0 saturated carbocycles. The molecule has 2 aromatic rings. The Morgan fingerprint density at radius 1 is 1.20 bits per heavy atom. The van der Waals surface area contributed by atoms with Crippen LogP contribution in [0.25, 0.3) is 11.1 Å². The van der Waals surface area contributed by atoms with Crippen LogP contribution in [-0.4, -0.2) is 16.1 Å². The summed E-state index contributed by atoms with van der Waals surface area (Å²) in [5.41, 5.74) is 2.30. The van der Waals surface area contributed by atoms with Gasteiger partial charge in [0.1, 0.15) is 5.82 Å². The minimum absolute atomic E-state index is 0.134. The molecule has 104 valence electrons. The van der Waals surface area contributed by atoms with Crippen LogP contribution in [0.5, 0.6) is 0 Å². The standard InChI is InChI=1S/C16H16FNO2/c17-15-10-13(14-5-3-9-18-11-14)8-7-12(15)4-1-2-6-16(19)20/h3,5,7-11H,1-2,4,6H2,(H,19,20). The smallest absolute Gasteiger partial charge is 0.303 e. The lowest BCUT2D eigenvalue weighted by molar-refractivity contribution is -0.137. The maximum absolute atomic E-state index is 14.0. The fraction of sp³-hybridized carbons (Fsp3) is 0.250. The number of carboxylic acid groups (broad SMARTS) is 1. The third-order valence-electron chi connectivity index (χ3n) is 3.13. The van der Waals surface area contributed by atoms with Crippen molar-refractivity contribution in [2.75, 3.05) is 0 Å². The van der Waals surface area contributed by atoms with Crippen molar-refractivity contribution in [2.24, 2.45) is 0 Å². The molecule has 4 heteroatoms. The van der Waals surface area contributed by atoms with Gasteiger partial charge in [0.05, 0.1) is 0 Å². The number of hydrogen-bond acceptors (Lipinski definition) is 2. The van der Waals surface area contributed by atoms with Gasteiger partial charge in [0.15, 0.2) is 0 Å². The summed E-state index contributed by atoms with van der Waals surface area (Å²) in [5, 5.41) is 8.55. The van der Waals surface area contributed by atoms with Crippen molar-refractivity contribution in [3.05, 3.63) is 54.1 Å². The summed E-state index contributed by atoms with van der Waals surface area (Å²) in [6, 6.07) is 8.83. The number of unbranched alkanes of at least 4 members (excludes halogenated alkanes) is 1. The summed E-state index contributed by atoms with van der Waals surface area (Å²) in [5.74, 6) is -1.06. The Bertz CT molecular complexity index is 584. The average molecular weight is 273 g/mol. The Morgan fingerprint density at radius 2 is 2.05 bits per heavy atom. The van der Waals surface area contributed by atoms with Crippen LogP contribution in [0.3, 0.4) is 0 Å². The number of aromatic nitrogens is 1. The van der Waals surface area contributed by atoms with Gasteiger partial charge in [0, 0.05) is 24.4 Å². The van der Waals surface area contributed by atoms with Gasteiger partial charge in [0.25, 0.3) is 0 Å². The molecule has 0 aliphatic rings. The molecule has 0 saturated heterocycles. The third-order valence-corrected chi connectivity index (χ3v) is 3.13. The van der Waals surface area contributed by atoms with Gasteiger partial charge in [-0.25, -0.2) is 4.39 Å². The highest BCUT2D eigenvalue weighted by molar-refractivity contribution is 5.66. The van der Waals surface area contributed by atoms with Crippen LogP contribution in [0.1, 0.15) is 24.8 Å². The summed E-state index contributed by atoms with van der Waals surface area (Å²) in [4.78, 5) is 14.4. The molecular formula is C16H16FNO2. The van der Waals surface area contributed by atoms with Crippen molar-refractivity contribution in [1.29, 1.82) is 0 Å². The van der Waals surface area contributed by atoms with E-state index >= 15 is 0 Å². The second-order valence-corrected chi connectivity index (χ2v) is 4.65. The maximum atomic E-state index is 14.0. The third kappa shape index (κ3) is 3.88. The summed E-state index contributed by atoms with van der Waals surface area (Å²) in [6.45, 7) is 0. The first-order chi connectivity index (χ1) is 9.66. The lowest BCUT2D eigenvalue weighted by Gasteiger charge is -2.06. The molecule has 0 aliphatic carbocycles. The topological polar surface area (TPSA) is 50.2 Å². The molecule has 20 heavy (non-hydrogen) atoms. The van der Waals surface area contributed by atoms with Gasteiger partial charge >= 0.3 is 5.97 Å². The van der Waals surface area contributed by atoms with Crippen molar-refractivity contribution in [2.45, 2.75) is 25.7 Å². The van der Waals surface area contributed by atoms with Crippen molar-refractivity contribution >= 4 is 5.97 Å². The Labute approximate surface area is 117 Å². The molecule has 1 aromatic carbocycles. The summed E-state index contributed by atoms with van der Waals surface area (Å²) in [7, 11) is 0. The lowest BCUT2D eigenvalue weighted by Crippen LogP contribution is -1.96. The van der Waals surface area contributed by atoms with E-state index in [0.29, 0.717) is 24.8 Å². The quantitative estimate of drug-likeness (QED) is 0.817. The number of aryl methyl sites for hydroxylation is 1. The first-order valence-electron chi connectivity index (χ1n) is 6.57. The zero-order chi connectivity index (χ0) is 14.4. The second kappa shape index (κ2) is 6.80. The van der Waals surface area contributed by atoms with Crippen LogP contribution in [-0.2, 0) is 11.2 Å². The van der Waals surface area contributed by atoms with Gasteiger partial charge in [-0.05, 0) is 42.5 Å². The monoisotopic (exact) mass is 273 g/mol. The Hall–Kier alpha value is -2.23. The van der Waals surface area contributed by atoms with Gasteiger partial charge in [-0.1, -0.05) is 18.2 Å². The van der Waals surface area contributed by atoms with Gasteiger partial charge < -0.3 is 5.11 Å². The van der Waals surface area contributed by atoms with Crippen LogP contribution in [0.4, 0.5) is 4.39 Å².